The summed E-state index contributed by atoms with van der Waals surface area (Å²) >= 11 is 0. The van der Waals surface area contributed by atoms with Crippen LogP contribution in [0.5, 0.6) is 17.2 Å². The van der Waals surface area contributed by atoms with Crippen LogP contribution in [0.3, 0.4) is 0 Å². The van der Waals surface area contributed by atoms with E-state index in [1.54, 1.807) is 36.4 Å². The molecule has 0 atom stereocenters. The summed E-state index contributed by atoms with van der Waals surface area (Å²) < 4.78 is 20.6. The van der Waals surface area contributed by atoms with Gasteiger partial charge in [0.15, 0.2) is 11.5 Å². The molecule has 0 radical (unpaired) electrons. The minimum atomic E-state index is -0.248. The van der Waals surface area contributed by atoms with Crippen molar-refractivity contribution in [1.82, 2.24) is 0 Å². The van der Waals surface area contributed by atoms with Gasteiger partial charge in [-0.2, -0.15) is 0 Å². The molecule has 0 saturated carbocycles. The molecule has 150 valence electrons. The summed E-state index contributed by atoms with van der Waals surface area (Å²) in [5.41, 5.74) is 1.95. The van der Waals surface area contributed by atoms with Crippen molar-refractivity contribution in [3.8, 4) is 17.2 Å². The lowest BCUT2D eigenvalue weighted by molar-refractivity contribution is -0.119. The Morgan fingerprint density at radius 3 is 1.71 bits per heavy atom. The molecule has 2 rings (SSSR count). The van der Waals surface area contributed by atoms with E-state index in [-0.39, 0.29) is 24.8 Å². The lowest BCUT2D eigenvalue weighted by Crippen LogP contribution is -2.17. The van der Waals surface area contributed by atoms with Crippen LogP contribution in [-0.2, 0) is 20.7 Å². The van der Waals surface area contributed by atoms with E-state index in [9.17, 15) is 9.59 Å². The van der Waals surface area contributed by atoms with Crippen LogP contribution in [0.4, 0.5) is 11.4 Å². The molecule has 0 heterocycles. The highest BCUT2D eigenvalue weighted by Gasteiger charge is 2.15. The third-order valence-electron chi connectivity index (χ3n) is 3.82. The second-order valence-electron chi connectivity index (χ2n) is 5.82. The van der Waals surface area contributed by atoms with Gasteiger partial charge >= 0.3 is 0 Å². The van der Waals surface area contributed by atoms with Gasteiger partial charge in [0.05, 0.1) is 27.8 Å². The SMILES string of the molecule is COCC(=O)Nc1ccc(NC(=O)Cc2cc(OC)c(OC)c(OC)c2)cc1. The van der Waals surface area contributed by atoms with Crippen LogP contribution in [0.25, 0.3) is 0 Å². The smallest absolute Gasteiger partial charge is 0.250 e. The number of carbonyl (C=O) groups is 2. The van der Waals surface area contributed by atoms with Crippen molar-refractivity contribution in [1.29, 1.82) is 0 Å². The standard InChI is InChI=1S/C20H24N2O6/c1-25-12-19(24)22-15-7-5-14(6-8-15)21-18(23)11-13-9-16(26-2)20(28-4)17(10-13)27-3/h5-10H,11-12H2,1-4H3,(H,21,23)(H,22,24). The highest BCUT2D eigenvalue weighted by atomic mass is 16.5. The van der Waals surface area contributed by atoms with Gasteiger partial charge < -0.3 is 29.6 Å². The van der Waals surface area contributed by atoms with Crippen molar-refractivity contribution in [2.75, 3.05) is 45.7 Å². The average Bonchev–Trinajstić information content (AvgIpc) is 2.68. The van der Waals surface area contributed by atoms with E-state index in [1.165, 1.54) is 28.4 Å². The molecule has 0 unspecified atom stereocenters. The van der Waals surface area contributed by atoms with Crippen LogP contribution in [-0.4, -0.2) is 46.9 Å². The maximum Gasteiger partial charge on any atom is 0.250 e. The van der Waals surface area contributed by atoms with Gasteiger partial charge in [-0.15, -0.1) is 0 Å². The Balaban J connectivity index is 2.03. The van der Waals surface area contributed by atoms with Gasteiger partial charge in [-0.1, -0.05) is 0 Å². The Morgan fingerprint density at radius 2 is 1.29 bits per heavy atom. The minimum Gasteiger partial charge on any atom is -0.493 e. The molecule has 0 spiro atoms. The highest BCUT2D eigenvalue weighted by Crippen LogP contribution is 2.38. The fourth-order valence-electron chi connectivity index (χ4n) is 2.59. The maximum absolute atomic E-state index is 12.4. The number of benzene rings is 2. The summed E-state index contributed by atoms with van der Waals surface area (Å²) in [7, 11) is 6.02. The van der Waals surface area contributed by atoms with Crippen LogP contribution in [0.1, 0.15) is 5.56 Å². The van der Waals surface area contributed by atoms with Gasteiger partial charge in [0, 0.05) is 18.5 Å². The number of rotatable bonds is 9. The van der Waals surface area contributed by atoms with E-state index in [0.29, 0.717) is 28.6 Å². The molecule has 8 nitrogen and oxygen atoms in total. The first-order chi connectivity index (χ1) is 13.5. The Morgan fingerprint density at radius 1 is 0.786 bits per heavy atom. The van der Waals surface area contributed by atoms with Gasteiger partial charge in [0.2, 0.25) is 17.6 Å². The number of hydrogen-bond acceptors (Lipinski definition) is 6. The zero-order valence-electron chi connectivity index (χ0n) is 16.3. The minimum absolute atomic E-state index is 0.0206. The van der Waals surface area contributed by atoms with E-state index in [4.69, 9.17) is 18.9 Å². The zero-order valence-corrected chi connectivity index (χ0v) is 16.3. The number of ether oxygens (including phenoxy) is 4. The van der Waals surface area contributed by atoms with Crippen molar-refractivity contribution in [2.24, 2.45) is 0 Å². The molecule has 2 amide bonds. The Bertz CT molecular complexity index is 795. The molecular formula is C20H24N2O6. The molecule has 28 heavy (non-hydrogen) atoms. The van der Waals surface area contributed by atoms with Crippen molar-refractivity contribution in [2.45, 2.75) is 6.42 Å². The number of nitrogens with one attached hydrogen (secondary N) is 2. The van der Waals surface area contributed by atoms with Gasteiger partial charge in [0.25, 0.3) is 0 Å². The third kappa shape index (κ3) is 5.62. The first kappa shape index (κ1) is 21.0. The summed E-state index contributed by atoms with van der Waals surface area (Å²) in [4.78, 5) is 23.9. The third-order valence-corrected chi connectivity index (χ3v) is 3.82. The van der Waals surface area contributed by atoms with E-state index >= 15 is 0 Å². The van der Waals surface area contributed by atoms with Gasteiger partial charge in [0.1, 0.15) is 6.61 Å². The van der Waals surface area contributed by atoms with E-state index in [2.05, 4.69) is 10.6 Å². The van der Waals surface area contributed by atoms with Crippen LogP contribution < -0.4 is 24.8 Å². The Kier molecular flexibility index (Phi) is 7.65. The molecule has 2 aromatic rings. The first-order valence-electron chi connectivity index (χ1n) is 8.48. The molecule has 0 aliphatic carbocycles. The predicted molar refractivity (Wildman–Crippen MR) is 105 cm³/mol. The topological polar surface area (TPSA) is 95.1 Å². The van der Waals surface area contributed by atoms with Crippen molar-refractivity contribution in [3.63, 3.8) is 0 Å². The second kappa shape index (κ2) is 10.2. The van der Waals surface area contributed by atoms with Crippen LogP contribution in [0.15, 0.2) is 36.4 Å². The number of methoxy groups -OCH3 is 4. The predicted octanol–water partition coefficient (Wildman–Crippen LogP) is 2.48. The van der Waals surface area contributed by atoms with Crippen molar-refractivity contribution in [3.05, 3.63) is 42.0 Å². The van der Waals surface area contributed by atoms with E-state index < -0.39 is 0 Å². The Hall–Kier alpha value is -3.26. The van der Waals surface area contributed by atoms with Crippen LogP contribution >= 0.6 is 0 Å². The maximum atomic E-state index is 12.4. The lowest BCUT2D eigenvalue weighted by atomic mass is 10.1. The number of hydrogen-bond donors (Lipinski definition) is 2. The molecular weight excluding hydrogens is 364 g/mol. The first-order valence-corrected chi connectivity index (χ1v) is 8.48. The van der Waals surface area contributed by atoms with Crippen molar-refractivity contribution >= 4 is 23.2 Å². The molecule has 0 aliphatic heterocycles. The molecule has 0 bridgehead atoms. The molecule has 8 heteroatoms. The van der Waals surface area contributed by atoms with E-state index in [1.807, 2.05) is 0 Å². The number of anilines is 2. The van der Waals surface area contributed by atoms with Gasteiger partial charge in [-0.25, -0.2) is 0 Å². The normalized spacial score (nSPS) is 10.1. The quantitative estimate of drug-likeness (QED) is 0.685. The molecule has 0 saturated heterocycles. The monoisotopic (exact) mass is 388 g/mol. The largest absolute Gasteiger partial charge is 0.493 e. The second-order valence-corrected chi connectivity index (χ2v) is 5.82. The fraction of sp³-hybridized carbons (Fsp3) is 0.300. The van der Waals surface area contributed by atoms with Crippen molar-refractivity contribution < 1.29 is 28.5 Å². The average molecular weight is 388 g/mol. The zero-order chi connectivity index (χ0) is 20.5. The summed E-state index contributed by atoms with van der Waals surface area (Å²) in [6, 6.07) is 10.3. The molecule has 2 N–H and O–H groups in total. The van der Waals surface area contributed by atoms with Gasteiger partial charge in [-0.3, -0.25) is 9.59 Å². The summed E-state index contributed by atoms with van der Waals surface area (Å²) in [6.45, 7) is -0.0206. The van der Waals surface area contributed by atoms with Crippen LogP contribution in [0.2, 0.25) is 0 Å². The molecule has 2 aromatic carbocycles. The molecule has 0 aromatic heterocycles. The number of carbonyl (C=O) groups excluding carboxylic acids is 2. The van der Waals surface area contributed by atoms with Gasteiger partial charge in [-0.05, 0) is 42.0 Å². The summed E-state index contributed by atoms with van der Waals surface area (Å²) in [5.74, 6) is 0.994. The molecule has 0 fully saturated rings. The lowest BCUT2D eigenvalue weighted by Gasteiger charge is -2.14. The summed E-state index contributed by atoms with van der Waals surface area (Å²) in [5, 5.41) is 5.49. The number of amides is 2. The summed E-state index contributed by atoms with van der Waals surface area (Å²) in [6.07, 6.45) is 0.128. The fourth-order valence-corrected chi connectivity index (χ4v) is 2.59. The van der Waals surface area contributed by atoms with E-state index in [0.717, 1.165) is 5.56 Å². The molecule has 0 aliphatic rings. The highest BCUT2D eigenvalue weighted by molar-refractivity contribution is 5.94. The Labute approximate surface area is 163 Å². The van der Waals surface area contributed by atoms with Crippen LogP contribution in [0, 0.1) is 0 Å².